The summed E-state index contributed by atoms with van der Waals surface area (Å²) < 4.78 is 32.5. The Kier molecular flexibility index (Phi) is 7.69. The van der Waals surface area contributed by atoms with Crippen molar-refractivity contribution in [1.82, 2.24) is 9.37 Å². The maximum absolute atomic E-state index is 12.9. The SMILES string of the molecule is COc1ccc(C2CCN(S(=O)(=O)CC(C#Cc3ccccc3)N(O)C=O)CC2)cc1. The average molecular weight is 443 g/mol. The number of carbonyl (C=O) groups excluding carboxylic acids is 1. The normalized spacial score (nSPS) is 16.1. The van der Waals surface area contributed by atoms with Gasteiger partial charge in [0.05, 0.1) is 12.9 Å². The lowest BCUT2D eigenvalue weighted by Crippen LogP contribution is -2.44. The molecular weight excluding hydrogens is 416 g/mol. The second-order valence-electron chi connectivity index (χ2n) is 7.36. The van der Waals surface area contributed by atoms with Gasteiger partial charge in [0.25, 0.3) is 0 Å². The second-order valence-corrected chi connectivity index (χ2v) is 9.38. The predicted octanol–water partition coefficient (Wildman–Crippen LogP) is 2.47. The highest BCUT2D eigenvalue weighted by molar-refractivity contribution is 7.89. The first-order valence-electron chi connectivity index (χ1n) is 10.0. The molecule has 1 aliphatic heterocycles. The van der Waals surface area contributed by atoms with E-state index in [0.717, 1.165) is 11.3 Å². The Labute approximate surface area is 183 Å². The molecule has 0 radical (unpaired) electrons. The fourth-order valence-electron chi connectivity index (χ4n) is 3.59. The topological polar surface area (TPSA) is 87.2 Å². The van der Waals surface area contributed by atoms with E-state index in [2.05, 4.69) is 11.8 Å². The lowest BCUT2D eigenvalue weighted by atomic mass is 9.90. The van der Waals surface area contributed by atoms with Crippen LogP contribution >= 0.6 is 0 Å². The number of sulfonamides is 1. The van der Waals surface area contributed by atoms with E-state index in [1.54, 1.807) is 31.4 Å². The van der Waals surface area contributed by atoms with E-state index in [9.17, 15) is 18.4 Å². The van der Waals surface area contributed by atoms with E-state index < -0.39 is 21.8 Å². The minimum atomic E-state index is -3.71. The number of hydrogen-bond acceptors (Lipinski definition) is 5. The molecule has 1 amide bonds. The summed E-state index contributed by atoms with van der Waals surface area (Å²) in [5.41, 5.74) is 1.83. The number of methoxy groups -OCH3 is 1. The molecule has 0 bridgehead atoms. The van der Waals surface area contributed by atoms with E-state index in [-0.39, 0.29) is 12.3 Å². The molecule has 0 saturated carbocycles. The molecule has 0 aliphatic carbocycles. The van der Waals surface area contributed by atoms with Crippen molar-refractivity contribution in [3.8, 4) is 17.6 Å². The Bertz CT molecular complexity index is 1020. The van der Waals surface area contributed by atoms with Crippen LogP contribution in [0.4, 0.5) is 0 Å². The highest BCUT2D eigenvalue weighted by atomic mass is 32.2. The van der Waals surface area contributed by atoms with Crippen LogP contribution in [0.15, 0.2) is 54.6 Å². The molecule has 7 nitrogen and oxygen atoms in total. The first kappa shape index (κ1) is 22.8. The third kappa shape index (κ3) is 6.07. The van der Waals surface area contributed by atoms with Gasteiger partial charge in [-0.2, -0.15) is 0 Å². The van der Waals surface area contributed by atoms with Gasteiger partial charge in [-0.05, 0) is 48.6 Å². The minimum Gasteiger partial charge on any atom is -0.497 e. The Morgan fingerprint density at radius 1 is 1.16 bits per heavy atom. The third-order valence-corrected chi connectivity index (χ3v) is 7.28. The molecule has 164 valence electrons. The number of ether oxygens (including phenoxy) is 1. The van der Waals surface area contributed by atoms with Crippen molar-refractivity contribution < 1.29 is 23.2 Å². The van der Waals surface area contributed by atoms with Crippen molar-refractivity contribution in [2.45, 2.75) is 24.8 Å². The van der Waals surface area contributed by atoms with Gasteiger partial charge in [-0.1, -0.05) is 42.2 Å². The van der Waals surface area contributed by atoms with Crippen molar-refractivity contribution in [1.29, 1.82) is 0 Å². The van der Waals surface area contributed by atoms with Gasteiger partial charge in [0.2, 0.25) is 16.4 Å². The summed E-state index contributed by atoms with van der Waals surface area (Å²) in [5.74, 6) is 6.12. The van der Waals surface area contributed by atoms with E-state index in [1.807, 2.05) is 30.3 Å². The Morgan fingerprint density at radius 2 is 1.81 bits per heavy atom. The van der Waals surface area contributed by atoms with Crippen LogP contribution in [0.5, 0.6) is 5.75 Å². The Balaban J connectivity index is 1.66. The maximum Gasteiger partial charge on any atom is 0.234 e. The van der Waals surface area contributed by atoms with Gasteiger partial charge in [-0.25, -0.2) is 17.8 Å². The van der Waals surface area contributed by atoms with Crippen molar-refractivity contribution in [3.63, 3.8) is 0 Å². The van der Waals surface area contributed by atoms with Crippen molar-refractivity contribution in [2.75, 3.05) is 26.0 Å². The van der Waals surface area contributed by atoms with E-state index in [1.165, 1.54) is 4.31 Å². The lowest BCUT2D eigenvalue weighted by molar-refractivity contribution is -0.153. The Hall–Kier alpha value is -2.86. The minimum absolute atomic E-state index is 0.176. The molecule has 1 heterocycles. The number of rotatable bonds is 7. The van der Waals surface area contributed by atoms with Crippen LogP contribution in [0.3, 0.4) is 0 Å². The van der Waals surface area contributed by atoms with Gasteiger partial charge in [0, 0.05) is 18.7 Å². The zero-order valence-electron chi connectivity index (χ0n) is 17.3. The Morgan fingerprint density at radius 3 is 2.39 bits per heavy atom. The fourth-order valence-corrected chi connectivity index (χ4v) is 5.21. The zero-order valence-corrected chi connectivity index (χ0v) is 18.2. The molecule has 2 aromatic rings. The number of amides is 1. The first-order valence-corrected chi connectivity index (χ1v) is 11.6. The molecule has 8 heteroatoms. The average Bonchev–Trinajstić information content (AvgIpc) is 2.82. The van der Waals surface area contributed by atoms with Crippen LogP contribution in [-0.4, -0.2) is 61.4 Å². The highest BCUT2D eigenvalue weighted by Crippen LogP contribution is 2.30. The molecule has 1 N–H and O–H groups in total. The number of hydroxylamine groups is 2. The molecule has 1 saturated heterocycles. The third-order valence-electron chi connectivity index (χ3n) is 5.39. The van der Waals surface area contributed by atoms with Gasteiger partial charge in [0.15, 0.2) is 0 Å². The summed E-state index contributed by atoms with van der Waals surface area (Å²) in [6.45, 7) is 0.759. The van der Waals surface area contributed by atoms with Gasteiger partial charge < -0.3 is 4.74 Å². The zero-order chi connectivity index (χ0) is 22.3. The molecular formula is C23H26N2O5S. The number of hydrogen-bond donors (Lipinski definition) is 1. The predicted molar refractivity (Wildman–Crippen MR) is 117 cm³/mol. The summed E-state index contributed by atoms with van der Waals surface area (Å²) in [6, 6.07) is 15.7. The quantitative estimate of drug-likeness (QED) is 0.308. The van der Waals surface area contributed by atoms with Gasteiger partial charge >= 0.3 is 0 Å². The van der Waals surface area contributed by atoms with Crippen LogP contribution < -0.4 is 4.74 Å². The molecule has 1 fully saturated rings. The molecule has 1 unspecified atom stereocenters. The van der Waals surface area contributed by atoms with E-state index >= 15 is 0 Å². The maximum atomic E-state index is 12.9. The second kappa shape index (κ2) is 10.4. The molecule has 0 spiro atoms. The molecule has 1 atom stereocenters. The van der Waals surface area contributed by atoms with Crippen LogP contribution in [-0.2, 0) is 14.8 Å². The van der Waals surface area contributed by atoms with Crippen molar-refractivity contribution >= 4 is 16.4 Å². The fraction of sp³-hybridized carbons (Fsp3) is 0.348. The van der Waals surface area contributed by atoms with Crippen molar-refractivity contribution in [2.24, 2.45) is 0 Å². The number of nitrogens with zero attached hydrogens (tertiary/aromatic N) is 2. The summed E-state index contributed by atoms with van der Waals surface area (Å²) >= 11 is 0. The van der Waals surface area contributed by atoms with Crippen LogP contribution in [0, 0.1) is 11.8 Å². The summed E-state index contributed by atoms with van der Waals surface area (Å²) in [5, 5.41) is 10.2. The number of benzene rings is 2. The van der Waals surface area contributed by atoms with Gasteiger partial charge in [0.1, 0.15) is 11.8 Å². The summed E-state index contributed by atoms with van der Waals surface area (Å²) in [4.78, 5) is 11.1. The lowest BCUT2D eigenvalue weighted by Gasteiger charge is -2.32. The molecule has 1 aliphatic rings. The van der Waals surface area contributed by atoms with Crippen LogP contribution in [0.25, 0.3) is 0 Å². The van der Waals surface area contributed by atoms with Gasteiger partial charge in [-0.3, -0.25) is 10.0 Å². The molecule has 2 aromatic carbocycles. The number of piperidine rings is 1. The smallest absolute Gasteiger partial charge is 0.234 e. The largest absolute Gasteiger partial charge is 0.497 e. The molecule has 0 aromatic heterocycles. The molecule has 3 rings (SSSR count). The standard InChI is InChI=1S/C23H26N2O5S/c1-30-23-11-8-20(9-12-23)21-13-15-24(16-14-21)31(28,29)17-22(25(27)18-26)10-7-19-5-3-2-4-6-19/h2-6,8-9,11-12,18,21-22,27H,13-17H2,1H3. The molecule has 31 heavy (non-hydrogen) atoms. The van der Waals surface area contributed by atoms with E-state index in [4.69, 9.17) is 4.74 Å². The van der Waals surface area contributed by atoms with Gasteiger partial charge in [-0.15, -0.1) is 0 Å². The highest BCUT2D eigenvalue weighted by Gasteiger charge is 2.32. The van der Waals surface area contributed by atoms with Crippen LogP contribution in [0.1, 0.15) is 29.9 Å². The van der Waals surface area contributed by atoms with Crippen molar-refractivity contribution in [3.05, 3.63) is 65.7 Å². The van der Waals surface area contributed by atoms with E-state index in [0.29, 0.717) is 36.6 Å². The van der Waals surface area contributed by atoms with Crippen LogP contribution in [0.2, 0.25) is 0 Å². The summed E-state index contributed by atoms with van der Waals surface area (Å²) in [6.07, 6.45) is 1.57. The monoisotopic (exact) mass is 442 g/mol. The first-order chi connectivity index (χ1) is 14.9. The summed E-state index contributed by atoms with van der Waals surface area (Å²) in [7, 11) is -2.09. The number of carbonyl (C=O) groups is 1.